The second-order valence-electron chi connectivity index (χ2n) is 5.75. The number of hydrogen-bond donors (Lipinski definition) is 3. The molecule has 3 rings (SSSR count). The Hall–Kier alpha value is -1.91. The van der Waals surface area contributed by atoms with E-state index in [1.165, 1.54) is 0 Å². The molecule has 4 nitrogen and oxygen atoms in total. The van der Waals surface area contributed by atoms with Gasteiger partial charge in [0.05, 0.1) is 12.6 Å². The monoisotopic (exact) mass is 333 g/mol. The zero-order valence-electron chi connectivity index (χ0n) is 13.2. The van der Waals surface area contributed by atoms with Crippen molar-refractivity contribution in [2.45, 2.75) is 26.3 Å². The molecule has 23 heavy (non-hydrogen) atoms. The molecule has 1 aliphatic heterocycles. The number of fused-ring (bicyclic) bond motifs is 1. The molecule has 5 heteroatoms. The predicted octanol–water partition coefficient (Wildman–Crippen LogP) is 3.69. The molecule has 0 aromatic heterocycles. The summed E-state index contributed by atoms with van der Waals surface area (Å²) >= 11 is 6.32. The molecule has 1 aliphatic rings. The second kappa shape index (κ2) is 6.30. The number of rotatable bonds is 3. The molecule has 3 N–H and O–H groups in total. The van der Waals surface area contributed by atoms with Gasteiger partial charge in [0.2, 0.25) is 0 Å². The van der Waals surface area contributed by atoms with E-state index in [-0.39, 0.29) is 17.5 Å². The van der Waals surface area contributed by atoms with Crippen molar-refractivity contribution < 1.29 is 14.9 Å². The van der Waals surface area contributed by atoms with E-state index in [0.717, 1.165) is 41.0 Å². The van der Waals surface area contributed by atoms with Crippen molar-refractivity contribution in [1.29, 1.82) is 0 Å². The van der Waals surface area contributed by atoms with Gasteiger partial charge >= 0.3 is 0 Å². The lowest BCUT2D eigenvalue weighted by Crippen LogP contribution is -2.31. The molecular weight excluding hydrogens is 314 g/mol. The fourth-order valence-electron chi connectivity index (χ4n) is 3.04. The highest BCUT2D eigenvalue weighted by Crippen LogP contribution is 2.40. The van der Waals surface area contributed by atoms with E-state index in [1.807, 2.05) is 26.0 Å². The Labute approximate surface area is 140 Å². The molecule has 0 saturated heterocycles. The fourth-order valence-corrected chi connectivity index (χ4v) is 3.21. The minimum atomic E-state index is -0.134. The van der Waals surface area contributed by atoms with E-state index in [2.05, 4.69) is 5.32 Å². The van der Waals surface area contributed by atoms with Gasteiger partial charge in [-0.1, -0.05) is 11.6 Å². The number of ether oxygens (including phenoxy) is 1. The first-order valence-corrected chi connectivity index (χ1v) is 8.10. The van der Waals surface area contributed by atoms with Crippen LogP contribution in [-0.4, -0.2) is 23.4 Å². The fraction of sp³-hybridized carbons (Fsp3) is 0.333. The van der Waals surface area contributed by atoms with Crippen molar-refractivity contribution in [2.75, 3.05) is 13.2 Å². The van der Waals surface area contributed by atoms with Crippen molar-refractivity contribution >= 4 is 11.6 Å². The van der Waals surface area contributed by atoms with Crippen LogP contribution in [0.4, 0.5) is 0 Å². The summed E-state index contributed by atoms with van der Waals surface area (Å²) in [4.78, 5) is 0. The minimum Gasteiger partial charge on any atom is -0.504 e. The minimum absolute atomic E-state index is 0.0867. The molecule has 0 amide bonds. The van der Waals surface area contributed by atoms with Crippen LogP contribution in [0.2, 0.25) is 5.02 Å². The largest absolute Gasteiger partial charge is 0.504 e. The number of nitrogens with one attached hydrogen (secondary N) is 1. The van der Waals surface area contributed by atoms with Crippen LogP contribution in [0.3, 0.4) is 0 Å². The van der Waals surface area contributed by atoms with Crippen LogP contribution in [0.15, 0.2) is 24.3 Å². The van der Waals surface area contributed by atoms with E-state index in [4.69, 9.17) is 16.3 Å². The van der Waals surface area contributed by atoms with Crippen molar-refractivity contribution in [1.82, 2.24) is 5.32 Å². The Morgan fingerprint density at radius 2 is 1.91 bits per heavy atom. The zero-order chi connectivity index (χ0) is 16.6. The maximum absolute atomic E-state index is 9.88. The summed E-state index contributed by atoms with van der Waals surface area (Å²) in [5.41, 5.74) is 3.85. The van der Waals surface area contributed by atoms with Crippen molar-refractivity contribution in [3.8, 4) is 17.2 Å². The van der Waals surface area contributed by atoms with Gasteiger partial charge < -0.3 is 20.3 Å². The Kier molecular flexibility index (Phi) is 4.37. The lowest BCUT2D eigenvalue weighted by Gasteiger charge is -2.29. The normalized spacial score (nSPS) is 16.9. The van der Waals surface area contributed by atoms with Crippen LogP contribution in [0, 0.1) is 6.92 Å². The van der Waals surface area contributed by atoms with Gasteiger partial charge in [-0.3, -0.25) is 0 Å². The van der Waals surface area contributed by atoms with E-state index in [9.17, 15) is 10.2 Å². The standard InChI is InChI=1S/C18H20ClNO3/c1-3-23-17-6-10(2)14(19)8-13(17)18-12-9-16(22)15(21)7-11(12)4-5-20-18/h6-9,18,20-22H,3-5H2,1-2H3. The van der Waals surface area contributed by atoms with Crippen LogP contribution in [0.5, 0.6) is 17.2 Å². The summed E-state index contributed by atoms with van der Waals surface area (Å²) in [6.45, 7) is 5.23. The number of hydrogen-bond acceptors (Lipinski definition) is 4. The summed E-state index contributed by atoms with van der Waals surface area (Å²) in [7, 11) is 0. The van der Waals surface area contributed by atoms with Gasteiger partial charge in [0.25, 0.3) is 0 Å². The lowest BCUT2D eigenvalue weighted by molar-refractivity contribution is 0.332. The maximum atomic E-state index is 9.88. The number of halogens is 1. The van der Waals surface area contributed by atoms with Crippen LogP contribution in [0.1, 0.15) is 35.2 Å². The smallest absolute Gasteiger partial charge is 0.157 e. The van der Waals surface area contributed by atoms with Crippen LogP contribution < -0.4 is 10.1 Å². The maximum Gasteiger partial charge on any atom is 0.157 e. The topological polar surface area (TPSA) is 61.7 Å². The predicted molar refractivity (Wildman–Crippen MR) is 90.7 cm³/mol. The molecule has 1 atom stereocenters. The summed E-state index contributed by atoms with van der Waals surface area (Å²) in [6.07, 6.45) is 0.795. The molecule has 2 aromatic carbocycles. The highest BCUT2D eigenvalue weighted by Gasteiger charge is 2.26. The SMILES string of the molecule is CCOc1cc(C)c(Cl)cc1C1NCCc2cc(O)c(O)cc21. The van der Waals surface area contributed by atoms with Gasteiger partial charge in [-0.05, 0) is 61.2 Å². The number of phenolic OH excluding ortho intramolecular Hbond substituents is 2. The molecule has 1 unspecified atom stereocenters. The number of benzene rings is 2. The van der Waals surface area contributed by atoms with Gasteiger partial charge in [0.15, 0.2) is 11.5 Å². The van der Waals surface area contributed by atoms with Crippen molar-refractivity contribution in [3.63, 3.8) is 0 Å². The summed E-state index contributed by atoms with van der Waals surface area (Å²) in [5, 5.41) is 23.7. The molecule has 0 fully saturated rings. The summed E-state index contributed by atoms with van der Waals surface area (Å²) in [6, 6.07) is 6.97. The highest BCUT2D eigenvalue weighted by molar-refractivity contribution is 6.31. The summed E-state index contributed by atoms with van der Waals surface area (Å²) < 4.78 is 5.78. The average Bonchev–Trinajstić information content (AvgIpc) is 2.52. The molecule has 0 saturated carbocycles. The van der Waals surface area contributed by atoms with Gasteiger partial charge in [0.1, 0.15) is 5.75 Å². The first-order valence-electron chi connectivity index (χ1n) is 7.72. The van der Waals surface area contributed by atoms with Crippen LogP contribution in [0.25, 0.3) is 0 Å². The Balaban J connectivity index is 2.14. The third kappa shape index (κ3) is 2.96. The molecule has 0 spiro atoms. The van der Waals surface area contributed by atoms with Crippen LogP contribution in [-0.2, 0) is 6.42 Å². The molecule has 0 bridgehead atoms. The van der Waals surface area contributed by atoms with Crippen molar-refractivity contribution in [2.24, 2.45) is 0 Å². The van der Waals surface area contributed by atoms with Crippen LogP contribution >= 0.6 is 11.6 Å². The molecule has 122 valence electrons. The lowest BCUT2D eigenvalue weighted by atomic mass is 9.88. The Morgan fingerprint density at radius 3 is 2.65 bits per heavy atom. The highest BCUT2D eigenvalue weighted by atomic mass is 35.5. The Bertz CT molecular complexity index is 746. The van der Waals surface area contributed by atoms with E-state index >= 15 is 0 Å². The first-order chi connectivity index (χ1) is 11.0. The molecular formula is C18H20ClNO3. The molecule has 2 aromatic rings. The molecule has 0 aliphatic carbocycles. The molecule has 0 radical (unpaired) electrons. The third-order valence-corrected chi connectivity index (χ3v) is 4.60. The second-order valence-corrected chi connectivity index (χ2v) is 6.16. The van der Waals surface area contributed by atoms with Gasteiger partial charge in [-0.15, -0.1) is 0 Å². The quantitative estimate of drug-likeness (QED) is 0.750. The third-order valence-electron chi connectivity index (χ3n) is 4.19. The molecule has 1 heterocycles. The zero-order valence-corrected chi connectivity index (χ0v) is 13.9. The number of aryl methyl sites for hydroxylation is 1. The Morgan fingerprint density at radius 1 is 1.17 bits per heavy atom. The summed E-state index contributed by atoms with van der Waals surface area (Å²) in [5.74, 6) is 0.581. The van der Waals surface area contributed by atoms with E-state index < -0.39 is 0 Å². The van der Waals surface area contributed by atoms with E-state index in [0.29, 0.717) is 11.6 Å². The van der Waals surface area contributed by atoms with Gasteiger partial charge in [-0.25, -0.2) is 0 Å². The van der Waals surface area contributed by atoms with Crippen molar-refractivity contribution in [3.05, 3.63) is 51.5 Å². The first kappa shape index (κ1) is 16.0. The van der Waals surface area contributed by atoms with Gasteiger partial charge in [-0.2, -0.15) is 0 Å². The number of phenols is 2. The van der Waals surface area contributed by atoms with E-state index in [1.54, 1.807) is 12.1 Å². The number of aromatic hydroxyl groups is 2. The average molecular weight is 334 g/mol. The van der Waals surface area contributed by atoms with Gasteiger partial charge in [0, 0.05) is 17.1 Å².